The zero-order valence-corrected chi connectivity index (χ0v) is 13.9. The lowest BCUT2D eigenvalue weighted by Crippen LogP contribution is -2.52. The number of rotatable bonds is 4. The van der Waals surface area contributed by atoms with Crippen molar-refractivity contribution in [2.45, 2.75) is 32.4 Å². The Hall–Kier alpha value is -2.62. The molecule has 1 heterocycles. The molecule has 0 saturated carbocycles. The summed E-state index contributed by atoms with van der Waals surface area (Å²) in [6.07, 6.45) is 1.36. The number of nitrogens with zero attached hydrogens (tertiary/aromatic N) is 1. The minimum Gasteiger partial charge on any atom is -0.354 e. The van der Waals surface area contributed by atoms with Gasteiger partial charge in [-0.2, -0.15) is 0 Å². The molecule has 1 aliphatic heterocycles. The average molecular weight is 322 g/mol. The molecule has 2 aromatic rings. The second-order valence-electron chi connectivity index (χ2n) is 6.16. The first-order valence-electron chi connectivity index (χ1n) is 8.31. The molecule has 4 nitrogen and oxygen atoms in total. The van der Waals surface area contributed by atoms with Crippen molar-refractivity contribution in [2.24, 2.45) is 0 Å². The summed E-state index contributed by atoms with van der Waals surface area (Å²) in [7, 11) is 0. The lowest BCUT2D eigenvalue weighted by atomic mass is 9.93. The van der Waals surface area contributed by atoms with Gasteiger partial charge in [-0.15, -0.1) is 0 Å². The lowest BCUT2D eigenvalue weighted by molar-refractivity contribution is -0.140. The summed E-state index contributed by atoms with van der Waals surface area (Å²) in [5.41, 5.74) is 3.47. The molecular formula is C20H22N2O2. The van der Waals surface area contributed by atoms with Crippen LogP contribution in [0.15, 0.2) is 54.6 Å². The van der Waals surface area contributed by atoms with Gasteiger partial charge in [-0.3, -0.25) is 9.59 Å². The molecule has 0 spiro atoms. The standard InChI is InChI=1S/C20H22N2O2/c1-15(23)22-14-18-10-6-5-9-17(18)13-19(22)20(24)21-12-11-16-7-3-2-4-8-16/h2-10,19H,11-14H2,1H3,(H,21,24). The summed E-state index contributed by atoms with van der Waals surface area (Å²) in [5.74, 6) is -0.136. The van der Waals surface area contributed by atoms with Gasteiger partial charge in [-0.25, -0.2) is 0 Å². The summed E-state index contributed by atoms with van der Waals surface area (Å²) in [5, 5.41) is 2.98. The van der Waals surface area contributed by atoms with E-state index in [9.17, 15) is 9.59 Å². The van der Waals surface area contributed by atoms with Gasteiger partial charge >= 0.3 is 0 Å². The van der Waals surface area contributed by atoms with Crippen LogP contribution in [-0.4, -0.2) is 29.3 Å². The van der Waals surface area contributed by atoms with Gasteiger partial charge in [0.05, 0.1) is 0 Å². The Kier molecular flexibility index (Phi) is 4.94. The van der Waals surface area contributed by atoms with E-state index in [0.717, 1.165) is 17.5 Å². The van der Waals surface area contributed by atoms with Gasteiger partial charge in [0.15, 0.2) is 0 Å². The molecule has 1 unspecified atom stereocenters. The van der Waals surface area contributed by atoms with Crippen molar-refractivity contribution in [3.05, 3.63) is 71.3 Å². The summed E-state index contributed by atoms with van der Waals surface area (Å²) >= 11 is 0. The number of benzene rings is 2. The second kappa shape index (κ2) is 7.30. The highest BCUT2D eigenvalue weighted by molar-refractivity contribution is 5.87. The Morgan fingerprint density at radius 2 is 1.71 bits per heavy atom. The monoisotopic (exact) mass is 322 g/mol. The molecule has 124 valence electrons. The fourth-order valence-electron chi connectivity index (χ4n) is 3.18. The van der Waals surface area contributed by atoms with Crippen LogP contribution >= 0.6 is 0 Å². The molecule has 0 bridgehead atoms. The molecular weight excluding hydrogens is 300 g/mol. The van der Waals surface area contributed by atoms with Gasteiger partial charge in [0.2, 0.25) is 11.8 Å². The first kappa shape index (κ1) is 16.2. The zero-order valence-electron chi connectivity index (χ0n) is 13.9. The van der Waals surface area contributed by atoms with Crippen LogP contribution in [-0.2, 0) is 29.0 Å². The van der Waals surface area contributed by atoms with Crippen LogP contribution in [0.3, 0.4) is 0 Å². The van der Waals surface area contributed by atoms with Gasteiger partial charge < -0.3 is 10.2 Å². The summed E-state index contributed by atoms with van der Waals surface area (Å²) in [4.78, 5) is 26.2. The number of hydrogen-bond acceptors (Lipinski definition) is 2. The molecule has 3 rings (SSSR count). The van der Waals surface area contributed by atoms with Crippen LogP contribution in [0.1, 0.15) is 23.6 Å². The molecule has 0 radical (unpaired) electrons. The zero-order chi connectivity index (χ0) is 16.9. The smallest absolute Gasteiger partial charge is 0.243 e. The first-order chi connectivity index (χ1) is 11.6. The van der Waals surface area contributed by atoms with E-state index in [-0.39, 0.29) is 11.8 Å². The average Bonchev–Trinajstić information content (AvgIpc) is 2.61. The van der Waals surface area contributed by atoms with E-state index in [1.54, 1.807) is 4.90 Å². The lowest BCUT2D eigenvalue weighted by Gasteiger charge is -2.35. The fourth-order valence-corrected chi connectivity index (χ4v) is 3.18. The van der Waals surface area contributed by atoms with Crippen LogP contribution in [0.2, 0.25) is 0 Å². The van der Waals surface area contributed by atoms with Crippen LogP contribution in [0.5, 0.6) is 0 Å². The summed E-state index contributed by atoms with van der Waals surface area (Å²) in [6.45, 7) is 2.60. The highest BCUT2D eigenvalue weighted by Gasteiger charge is 2.32. The number of nitrogens with one attached hydrogen (secondary N) is 1. The third kappa shape index (κ3) is 3.65. The predicted molar refractivity (Wildman–Crippen MR) is 93.3 cm³/mol. The highest BCUT2D eigenvalue weighted by atomic mass is 16.2. The van der Waals surface area contributed by atoms with Crippen LogP contribution in [0, 0.1) is 0 Å². The third-order valence-electron chi connectivity index (χ3n) is 4.51. The first-order valence-corrected chi connectivity index (χ1v) is 8.31. The Balaban J connectivity index is 1.65. The van der Waals surface area contributed by atoms with Crippen LogP contribution in [0.25, 0.3) is 0 Å². The Morgan fingerprint density at radius 1 is 1.04 bits per heavy atom. The molecule has 0 saturated heterocycles. The maximum Gasteiger partial charge on any atom is 0.243 e. The van der Waals surface area contributed by atoms with E-state index in [1.807, 2.05) is 54.6 Å². The summed E-state index contributed by atoms with van der Waals surface area (Å²) < 4.78 is 0. The van der Waals surface area contributed by atoms with Crippen molar-refractivity contribution >= 4 is 11.8 Å². The van der Waals surface area contributed by atoms with Crippen LogP contribution < -0.4 is 5.32 Å². The molecule has 1 atom stereocenters. The number of hydrogen-bond donors (Lipinski definition) is 1. The van der Waals surface area contributed by atoms with Crippen molar-refractivity contribution < 1.29 is 9.59 Å². The molecule has 2 amide bonds. The molecule has 0 aliphatic carbocycles. The molecule has 1 aliphatic rings. The molecule has 0 fully saturated rings. The molecule has 24 heavy (non-hydrogen) atoms. The maximum atomic E-state index is 12.6. The SMILES string of the molecule is CC(=O)N1Cc2ccccc2CC1C(=O)NCCc1ccccc1. The van der Waals surface area contributed by atoms with Crippen molar-refractivity contribution in [1.29, 1.82) is 0 Å². The normalized spacial score (nSPS) is 16.4. The van der Waals surface area contributed by atoms with Gasteiger partial charge in [0, 0.05) is 26.4 Å². The predicted octanol–water partition coefficient (Wildman–Crippen LogP) is 2.32. The van der Waals surface area contributed by atoms with E-state index in [0.29, 0.717) is 19.5 Å². The van der Waals surface area contributed by atoms with E-state index >= 15 is 0 Å². The fraction of sp³-hybridized carbons (Fsp3) is 0.300. The van der Waals surface area contributed by atoms with Crippen LogP contribution in [0.4, 0.5) is 0 Å². The topological polar surface area (TPSA) is 49.4 Å². The van der Waals surface area contributed by atoms with E-state index in [2.05, 4.69) is 5.32 Å². The molecule has 0 aromatic heterocycles. The third-order valence-corrected chi connectivity index (χ3v) is 4.51. The van der Waals surface area contributed by atoms with E-state index in [1.165, 1.54) is 12.5 Å². The van der Waals surface area contributed by atoms with E-state index < -0.39 is 6.04 Å². The van der Waals surface area contributed by atoms with Crippen molar-refractivity contribution in [2.75, 3.05) is 6.54 Å². The van der Waals surface area contributed by atoms with Gasteiger partial charge in [0.1, 0.15) is 6.04 Å². The Bertz CT molecular complexity index is 727. The van der Waals surface area contributed by atoms with Crippen molar-refractivity contribution in [1.82, 2.24) is 10.2 Å². The quantitative estimate of drug-likeness (QED) is 0.939. The summed E-state index contributed by atoms with van der Waals surface area (Å²) in [6, 6.07) is 17.6. The number of fused-ring (bicyclic) bond motifs is 1. The largest absolute Gasteiger partial charge is 0.354 e. The van der Waals surface area contributed by atoms with Crippen molar-refractivity contribution in [3.8, 4) is 0 Å². The minimum atomic E-state index is -0.423. The Morgan fingerprint density at radius 3 is 2.42 bits per heavy atom. The molecule has 1 N–H and O–H groups in total. The maximum absolute atomic E-state index is 12.6. The minimum absolute atomic E-state index is 0.0623. The number of carbonyl (C=O) groups is 2. The van der Waals surface area contributed by atoms with Gasteiger partial charge in [-0.05, 0) is 23.1 Å². The molecule has 4 heteroatoms. The number of amides is 2. The van der Waals surface area contributed by atoms with Gasteiger partial charge in [0.25, 0.3) is 0 Å². The van der Waals surface area contributed by atoms with Gasteiger partial charge in [-0.1, -0.05) is 54.6 Å². The second-order valence-corrected chi connectivity index (χ2v) is 6.16. The highest BCUT2D eigenvalue weighted by Crippen LogP contribution is 2.23. The van der Waals surface area contributed by atoms with Crippen molar-refractivity contribution in [3.63, 3.8) is 0 Å². The Labute approximate surface area is 142 Å². The number of carbonyl (C=O) groups excluding carboxylic acids is 2. The molecule has 2 aromatic carbocycles. The van der Waals surface area contributed by atoms with E-state index in [4.69, 9.17) is 0 Å².